The van der Waals surface area contributed by atoms with Crippen LogP contribution in [0.5, 0.6) is 5.75 Å². The molecule has 5 heteroatoms. The molecule has 19 heavy (non-hydrogen) atoms. The fourth-order valence-corrected chi connectivity index (χ4v) is 2.54. The zero-order valence-corrected chi connectivity index (χ0v) is 11.2. The number of methoxy groups -OCH3 is 1. The molecule has 0 radical (unpaired) electrons. The summed E-state index contributed by atoms with van der Waals surface area (Å²) in [4.78, 5) is 0. The number of hydrogen-bond donors (Lipinski definition) is 2. The van der Waals surface area contributed by atoms with Crippen molar-refractivity contribution in [1.82, 2.24) is 14.8 Å². The Hall–Kier alpha value is -2.43. The maximum Gasteiger partial charge on any atom is 0.145 e. The van der Waals surface area contributed by atoms with Gasteiger partial charge >= 0.3 is 0 Å². The van der Waals surface area contributed by atoms with Crippen LogP contribution < -0.4 is 10.5 Å². The molecule has 3 rings (SSSR count). The molecule has 3 N–H and O–H groups in total. The highest BCUT2D eigenvalue weighted by Gasteiger charge is 2.18. The lowest BCUT2D eigenvalue weighted by Crippen LogP contribution is -1.90. The number of nitrogens with one attached hydrogen (secondary N) is 1. The molecule has 0 aliphatic heterocycles. The molecule has 3 aromatic rings. The molecule has 0 unspecified atom stereocenters. The van der Waals surface area contributed by atoms with Crippen molar-refractivity contribution in [2.24, 2.45) is 7.05 Å². The topological polar surface area (TPSA) is 68.9 Å². The monoisotopic (exact) mass is 256 g/mol. The predicted octanol–water partition coefficient (Wildman–Crippen LogP) is 2.47. The van der Waals surface area contributed by atoms with Gasteiger partial charge in [-0.05, 0) is 19.1 Å². The molecule has 0 fully saturated rings. The fourth-order valence-electron chi connectivity index (χ4n) is 2.54. The van der Waals surface area contributed by atoms with Crippen molar-refractivity contribution >= 4 is 16.7 Å². The molecule has 0 aliphatic rings. The highest BCUT2D eigenvalue weighted by atomic mass is 16.5. The molecule has 98 valence electrons. The third kappa shape index (κ3) is 1.58. The minimum atomic E-state index is 0.487. The number of nitrogens with zero attached hydrogens (tertiary/aromatic N) is 2. The van der Waals surface area contributed by atoms with E-state index in [9.17, 15) is 0 Å². The second kappa shape index (κ2) is 4.05. The molecular weight excluding hydrogens is 240 g/mol. The van der Waals surface area contributed by atoms with E-state index < -0.39 is 0 Å². The van der Waals surface area contributed by atoms with Gasteiger partial charge in [0.2, 0.25) is 0 Å². The highest BCUT2D eigenvalue weighted by Crippen LogP contribution is 2.38. The summed E-state index contributed by atoms with van der Waals surface area (Å²) in [7, 11) is 3.72. The number of benzene rings is 1. The zero-order chi connectivity index (χ0) is 13.6. The van der Waals surface area contributed by atoms with Crippen LogP contribution >= 0.6 is 0 Å². The van der Waals surface area contributed by atoms with Gasteiger partial charge in [-0.1, -0.05) is 6.07 Å². The summed E-state index contributed by atoms with van der Waals surface area (Å²) in [6.45, 7) is 2.08. The van der Waals surface area contributed by atoms with Crippen LogP contribution in [0.4, 0.5) is 5.82 Å². The average Bonchev–Trinajstić information content (AvgIpc) is 2.93. The molecule has 0 bridgehead atoms. The number of anilines is 1. The van der Waals surface area contributed by atoms with E-state index in [0.29, 0.717) is 5.82 Å². The van der Waals surface area contributed by atoms with E-state index in [1.807, 2.05) is 25.2 Å². The van der Waals surface area contributed by atoms with Crippen LogP contribution in [0.3, 0.4) is 0 Å². The Morgan fingerprint density at radius 2 is 2.16 bits per heavy atom. The first kappa shape index (κ1) is 11.6. The van der Waals surface area contributed by atoms with E-state index >= 15 is 0 Å². The largest absolute Gasteiger partial charge is 0.496 e. The van der Waals surface area contributed by atoms with E-state index in [4.69, 9.17) is 10.5 Å². The van der Waals surface area contributed by atoms with Crippen molar-refractivity contribution in [2.75, 3.05) is 12.8 Å². The fraction of sp³-hybridized carbons (Fsp3) is 0.214. The Balaban J connectivity index is 2.43. The van der Waals surface area contributed by atoms with Crippen LogP contribution in [0.15, 0.2) is 24.3 Å². The normalized spacial score (nSPS) is 11.1. The number of H-pyrrole nitrogens is 1. The average molecular weight is 256 g/mol. The molecule has 2 aromatic heterocycles. The van der Waals surface area contributed by atoms with Gasteiger partial charge < -0.3 is 15.0 Å². The van der Waals surface area contributed by atoms with E-state index in [2.05, 4.69) is 27.8 Å². The third-order valence-corrected chi connectivity index (χ3v) is 3.57. The molecular formula is C14H16N4O. The molecule has 0 saturated carbocycles. The lowest BCUT2D eigenvalue weighted by molar-refractivity contribution is 0.420. The predicted molar refractivity (Wildman–Crippen MR) is 76.2 cm³/mol. The van der Waals surface area contributed by atoms with Gasteiger partial charge in [0.1, 0.15) is 11.6 Å². The Labute approximate surface area is 111 Å². The minimum Gasteiger partial charge on any atom is -0.496 e. The smallest absolute Gasteiger partial charge is 0.145 e. The lowest BCUT2D eigenvalue weighted by atomic mass is 10.1. The number of aromatic amines is 1. The van der Waals surface area contributed by atoms with E-state index in [0.717, 1.165) is 33.6 Å². The number of nitrogens with two attached hydrogens (primary N) is 1. The SMILES string of the molecule is COc1cccc2c1c(-c1cc(N)n[nH]1)c(C)n2C. The Bertz CT molecular complexity index is 754. The van der Waals surface area contributed by atoms with Gasteiger partial charge in [0, 0.05) is 24.4 Å². The molecule has 5 nitrogen and oxygen atoms in total. The Kier molecular flexibility index (Phi) is 2.48. The van der Waals surface area contributed by atoms with Crippen molar-refractivity contribution in [3.8, 4) is 17.0 Å². The molecule has 2 heterocycles. The third-order valence-electron chi connectivity index (χ3n) is 3.57. The first-order valence-corrected chi connectivity index (χ1v) is 6.06. The lowest BCUT2D eigenvalue weighted by Gasteiger charge is -2.03. The molecule has 0 aliphatic carbocycles. The van der Waals surface area contributed by atoms with Gasteiger partial charge in [-0.2, -0.15) is 5.10 Å². The van der Waals surface area contributed by atoms with Crippen molar-refractivity contribution in [2.45, 2.75) is 6.92 Å². The molecule has 0 saturated heterocycles. The number of fused-ring (bicyclic) bond motifs is 1. The van der Waals surface area contributed by atoms with Crippen LogP contribution in [0, 0.1) is 6.92 Å². The maximum atomic E-state index is 5.71. The summed E-state index contributed by atoms with van der Waals surface area (Å²) in [5, 5.41) is 8.06. The summed E-state index contributed by atoms with van der Waals surface area (Å²) in [6.07, 6.45) is 0. The van der Waals surface area contributed by atoms with Crippen molar-refractivity contribution < 1.29 is 4.74 Å². The number of aromatic nitrogens is 3. The summed E-state index contributed by atoms with van der Waals surface area (Å²) in [6, 6.07) is 7.87. The standard InChI is InChI=1S/C14H16N4O/c1-8-13(9-7-12(15)17-16-9)14-10(18(8)2)5-4-6-11(14)19-3/h4-7H,1-3H3,(H3,15,16,17). The van der Waals surface area contributed by atoms with Crippen LogP contribution in [-0.4, -0.2) is 21.9 Å². The Morgan fingerprint density at radius 1 is 1.37 bits per heavy atom. The number of aryl methyl sites for hydroxylation is 1. The number of hydrogen-bond acceptors (Lipinski definition) is 3. The summed E-state index contributed by atoms with van der Waals surface area (Å²) < 4.78 is 7.63. The highest BCUT2D eigenvalue weighted by molar-refractivity contribution is 6.01. The summed E-state index contributed by atoms with van der Waals surface area (Å²) in [5.74, 6) is 1.34. The summed E-state index contributed by atoms with van der Waals surface area (Å²) in [5.41, 5.74) is 9.96. The second-order valence-electron chi connectivity index (χ2n) is 4.58. The van der Waals surface area contributed by atoms with Crippen LogP contribution in [-0.2, 0) is 7.05 Å². The van der Waals surface area contributed by atoms with Gasteiger partial charge in [-0.15, -0.1) is 0 Å². The van der Waals surface area contributed by atoms with Crippen LogP contribution in [0.25, 0.3) is 22.2 Å². The van der Waals surface area contributed by atoms with E-state index in [1.54, 1.807) is 7.11 Å². The molecule has 0 spiro atoms. The molecule has 1 aromatic carbocycles. The summed E-state index contributed by atoms with van der Waals surface area (Å²) >= 11 is 0. The molecule has 0 amide bonds. The van der Waals surface area contributed by atoms with Gasteiger partial charge in [-0.3, -0.25) is 5.10 Å². The van der Waals surface area contributed by atoms with Crippen molar-refractivity contribution in [1.29, 1.82) is 0 Å². The number of ether oxygens (including phenoxy) is 1. The number of nitrogen functional groups attached to an aromatic ring is 1. The molecule has 0 atom stereocenters. The van der Waals surface area contributed by atoms with Crippen LogP contribution in [0.2, 0.25) is 0 Å². The van der Waals surface area contributed by atoms with Gasteiger partial charge in [-0.25, -0.2) is 0 Å². The zero-order valence-electron chi connectivity index (χ0n) is 11.2. The maximum absolute atomic E-state index is 5.71. The quantitative estimate of drug-likeness (QED) is 0.740. The van der Waals surface area contributed by atoms with Gasteiger partial charge in [0.15, 0.2) is 0 Å². The first-order chi connectivity index (χ1) is 9.13. The van der Waals surface area contributed by atoms with Crippen molar-refractivity contribution in [3.63, 3.8) is 0 Å². The van der Waals surface area contributed by atoms with Crippen LogP contribution in [0.1, 0.15) is 5.69 Å². The van der Waals surface area contributed by atoms with Gasteiger partial charge in [0.25, 0.3) is 0 Å². The van der Waals surface area contributed by atoms with Crippen molar-refractivity contribution in [3.05, 3.63) is 30.0 Å². The van der Waals surface area contributed by atoms with Gasteiger partial charge in [0.05, 0.1) is 23.7 Å². The number of rotatable bonds is 2. The van der Waals surface area contributed by atoms with E-state index in [-0.39, 0.29) is 0 Å². The minimum absolute atomic E-state index is 0.487. The Morgan fingerprint density at radius 3 is 2.79 bits per heavy atom. The first-order valence-electron chi connectivity index (χ1n) is 6.06. The van der Waals surface area contributed by atoms with E-state index in [1.165, 1.54) is 0 Å². The second-order valence-corrected chi connectivity index (χ2v) is 4.58.